The van der Waals surface area contributed by atoms with E-state index in [-0.39, 0.29) is 41.4 Å². The topological polar surface area (TPSA) is 27.7 Å². The third-order valence-electron chi connectivity index (χ3n) is 5.24. The van der Waals surface area contributed by atoms with Crippen molar-refractivity contribution in [1.29, 1.82) is 0 Å². The maximum atomic E-state index is 14.7. The molecule has 0 aromatic heterocycles. The van der Waals surface area contributed by atoms with Crippen molar-refractivity contribution in [3.05, 3.63) is 58.9 Å². The summed E-state index contributed by atoms with van der Waals surface area (Å²) in [5.74, 6) is -2.19. The van der Waals surface area contributed by atoms with E-state index in [1.165, 1.54) is 12.1 Å². The highest BCUT2D eigenvalue weighted by molar-refractivity contribution is 5.69. The Balaban J connectivity index is 1.61. The van der Waals surface area contributed by atoms with Crippen LogP contribution in [0.25, 0.3) is 5.57 Å². The van der Waals surface area contributed by atoms with Crippen LogP contribution in [0.5, 0.6) is 17.2 Å². The van der Waals surface area contributed by atoms with E-state index >= 15 is 0 Å². The fourth-order valence-electron chi connectivity index (χ4n) is 3.96. The second kappa shape index (κ2) is 7.41. The summed E-state index contributed by atoms with van der Waals surface area (Å²) in [7, 11) is 0. The van der Waals surface area contributed by atoms with E-state index in [9.17, 15) is 13.2 Å². The van der Waals surface area contributed by atoms with Crippen LogP contribution in [0, 0.1) is 17.5 Å². The number of fused-ring (bicyclic) bond motifs is 3. The minimum absolute atomic E-state index is 0.0143. The lowest BCUT2D eigenvalue weighted by Gasteiger charge is -2.25. The van der Waals surface area contributed by atoms with E-state index in [0.717, 1.165) is 5.56 Å². The number of hydrogen-bond donors (Lipinski definition) is 0. The van der Waals surface area contributed by atoms with Crippen LogP contribution in [0.2, 0.25) is 0 Å². The summed E-state index contributed by atoms with van der Waals surface area (Å²) in [6.45, 7) is 4.11. The first-order valence-corrected chi connectivity index (χ1v) is 9.47. The highest BCUT2D eigenvalue weighted by atomic mass is 19.2. The van der Waals surface area contributed by atoms with Crippen LogP contribution in [-0.2, 0) is 0 Å². The van der Waals surface area contributed by atoms with Gasteiger partial charge in [-0.05, 0) is 44.0 Å². The van der Waals surface area contributed by atoms with E-state index < -0.39 is 17.5 Å². The molecule has 6 heteroatoms. The summed E-state index contributed by atoms with van der Waals surface area (Å²) in [5.41, 5.74) is 1.63. The zero-order chi connectivity index (χ0) is 19.8. The third kappa shape index (κ3) is 3.01. The van der Waals surface area contributed by atoms with Gasteiger partial charge in [-0.3, -0.25) is 0 Å². The molecule has 28 heavy (non-hydrogen) atoms. The molecular weight excluding hydrogens is 369 g/mol. The van der Waals surface area contributed by atoms with Crippen molar-refractivity contribution < 1.29 is 27.4 Å². The minimum atomic E-state index is -0.995. The van der Waals surface area contributed by atoms with Gasteiger partial charge in [0.05, 0.1) is 13.2 Å². The Morgan fingerprint density at radius 2 is 1.61 bits per heavy atom. The van der Waals surface area contributed by atoms with E-state index in [1.807, 2.05) is 12.1 Å². The Labute approximate surface area is 161 Å². The number of halogens is 3. The molecule has 0 radical (unpaired) electrons. The van der Waals surface area contributed by atoms with Gasteiger partial charge in [0, 0.05) is 23.5 Å². The van der Waals surface area contributed by atoms with Gasteiger partial charge in [-0.1, -0.05) is 12.1 Å². The number of allylic oxidation sites excluding steroid dienone is 1. The molecule has 2 aliphatic rings. The molecule has 1 aliphatic carbocycles. The molecule has 0 fully saturated rings. The Morgan fingerprint density at radius 3 is 2.32 bits per heavy atom. The quantitative estimate of drug-likeness (QED) is 0.663. The van der Waals surface area contributed by atoms with E-state index in [1.54, 1.807) is 19.9 Å². The third-order valence-corrected chi connectivity index (χ3v) is 5.24. The van der Waals surface area contributed by atoms with Crippen molar-refractivity contribution >= 4 is 5.57 Å². The van der Waals surface area contributed by atoms with Crippen LogP contribution >= 0.6 is 0 Å². The number of ether oxygens (including phenoxy) is 3. The highest BCUT2D eigenvalue weighted by Crippen LogP contribution is 2.49. The average Bonchev–Trinajstić information content (AvgIpc) is 3.07. The molecular formula is C22H21F3O3. The first-order chi connectivity index (χ1) is 13.5. The maximum Gasteiger partial charge on any atom is 0.207 e. The van der Waals surface area contributed by atoms with Crippen LogP contribution in [0.1, 0.15) is 43.7 Å². The molecule has 3 nitrogen and oxygen atoms in total. The van der Waals surface area contributed by atoms with Crippen molar-refractivity contribution in [1.82, 2.24) is 0 Å². The van der Waals surface area contributed by atoms with Crippen molar-refractivity contribution in [2.45, 2.75) is 38.7 Å². The lowest BCUT2D eigenvalue weighted by Crippen LogP contribution is -2.22. The Hall–Kier alpha value is -2.63. The predicted molar refractivity (Wildman–Crippen MR) is 99.5 cm³/mol. The summed E-state index contributed by atoms with van der Waals surface area (Å²) in [5, 5.41) is 0. The monoisotopic (exact) mass is 390 g/mol. The van der Waals surface area contributed by atoms with Crippen LogP contribution in [0.3, 0.4) is 0 Å². The van der Waals surface area contributed by atoms with Gasteiger partial charge in [0.2, 0.25) is 11.6 Å². The molecule has 0 saturated carbocycles. The molecule has 1 aliphatic heterocycles. The second-order valence-corrected chi connectivity index (χ2v) is 6.83. The molecule has 0 N–H and O–H groups in total. The zero-order valence-electron chi connectivity index (χ0n) is 15.7. The first-order valence-electron chi connectivity index (χ1n) is 9.47. The Morgan fingerprint density at radius 1 is 0.929 bits per heavy atom. The smallest absolute Gasteiger partial charge is 0.207 e. The lowest BCUT2D eigenvalue weighted by atomic mass is 9.81. The molecule has 0 amide bonds. The van der Waals surface area contributed by atoms with E-state index in [0.29, 0.717) is 25.0 Å². The van der Waals surface area contributed by atoms with Crippen LogP contribution in [0.15, 0.2) is 30.3 Å². The van der Waals surface area contributed by atoms with Crippen molar-refractivity contribution in [3.63, 3.8) is 0 Å². The highest BCUT2D eigenvalue weighted by Gasteiger charge is 2.39. The zero-order valence-corrected chi connectivity index (χ0v) is 15.7. The summed E-state index contributed by atoms with van der Waals surface area (Å²) in [6, 6.07) is 6.39. The van der Waals surface area contributed by atoms with Crippen LogP contribution in [0.4, 0.5) is 13.2 Å². The number of hydrogen-bond acceptors (Lipinski definition) is 3. The van der Waals surface area contributed by atoms with E-state index in [2.05, 4.69) is 0 Å². The van der Waals surface area contributed by atoms with Gasteiger partial charge in [-0.2, -0.15) is 8.78 Å². The van der Waals surface area contributed by atoms with Crippen molar-refractivity contribution in [2.24, 2.45) is 0 Å². The average molecular weight is 390 g/mol. The molecule has 4 rings (SSSR count). The second-order valence-electron chi connectivity index (χ2n) is 6.83. The van der Waals surface area contributed by atoms with Gasteiger partial charge in [-0.25, -0.2) is 4.39 Å². The molecule has 2 atom stereocenters. The largest absolute Gasteiger partial charge is 0.491 e. The van der Waals surface area contributed by atoms with Crippen LogP contribution in [-0.4, -0.2) is 19.3 Å². The normalized spacial score (nSPS) is 20.1. The summed E-state index contributed by atoms with van der Waals surface area (Å²) >= 11 is 0. The van der Waals surface area contributed by atoms with Gasteiger partial charge >= 0.3 is 0 Å². The standard InChI is InChI=1S/C22H21F3O3/c1-3-26-16-9-7-13(19(23)20(16)24)12-5-6-14-15-8-10-17(27-4-2)21(25)22(15)28-18(14)11-12/h5,7-10,14,18H,3-4,6,11H2,1-2H3/t14-,18?/m0/s1. The Kier molecular flexibility index (Phi) is 4.96. The predicted octanol–water partition coefficient (Wildman–Crippen LogP) is 5.62. The first kappa shape index (κ1) is 18.7. The Bertz CT molecular complexity index is 939. The van der Waals surface area contributed by atoms with Gasteiger partial charge < -0.3 is 14.2 Å². The van der Waals surface area contributed by atoms with Gasteiger partial charge in [0.15, 0.2) is 23.1 Å². The molecule has 0 spiro atoms. The van der Waals surface area contributed by atoms with Gasteiger partial charge in [-0.15, -0.1) is 0 Å². The number of benzene rings is 2. The molecule has 0 bridgehead atoms. The fourth-order valence-corrected chi connectivity index (χ4v) is 3.96. The molecule has 2 aromatic rings. The fraction of sp³-hybridized carbons (Fsp3) is 0.364. The molecule has 1 heterocycles. The molecule has 2 aromatic carbocycles. The van der Waals surface area contributed by atoms with Crippen molar-refractivity contribution in [3.8, 4) is 17.2 Å². The summed E-state index contributed by atoms with van der Waals surface area (Å²) < 4.78 is 59.7. The number of rotatable bonds is 5. The minimum Gasteiger partial charge on any atom is -0.491 e. The van der Waals surface area contributed by atoms with Crippen LogP contribution < -0.4 is 14.2 Å². The maximum absolute atomic E-state index is 14.7. The molecule has 0 saturated heterocycles. The van der Waals surface area contributed by atoms with Gasteiger partial charge in [0.25, 0.3) is 0 Å². The van der Waals surface area contributed by atoms with E-state index in [4.69, 9.17) is 14.2 Å². The van der Waals surface area contributed by atoms with Gasteiger partial charge in [0.1, 0.15) is 6.10 Å². The SMILES string of the molecule is CCOc1ccc(C2=CC[C@H]3c4ccc(OCC)c(F)c4OC3C2)c(F)c1F. The lowest BCUT2D eigenvalue weighted by molar-refractivity contribution is 0.198. The molecule has 1 unspecified atom stereocenters. The summed E-state index contributed by atoms with van der Waals surface area (Å²) in [4.78, 5) is 0. The van der Waals surface area contributed by atoms with Crippen molar-refractivity contribution in [2.75, 3.05) is 13.2 Å². The molecule has 148 valence electrons. The summed E-state index contributed by atoms with van der Waals surface area (Å²) in [6.07, 6.45) is 2.49.